The van der Waals surface area contributed by atoms with Gasteiger partial charge in [0.1, 0.15) is 11.6 Å². The minimum Gasteiger partial charge on any atom is -0.379 e. The Kier molecular flexibility index (Phi) is 7.03. The molecule has 1 fully saturated rings. The van der Waals surface area contributed by atoms with Gasteiger partial charge in [-0.25, -0.2) is 13.4 Å². The van der Waals surface area contributed by atoms with Crippen molar-refractivity contribution in [2.75, 3.05) is 50.0 Å². The number of ether oxygens (including phenoxy) is 1. The molecular weight excluding hydrogens is 428 g/mol. The molecule has 1 saturated heterocycles. The molecular formula is C22H28N6O3S. The lowest BCUT2D eigenvalue weighted by Gasteiger charge is -2.26. The molecule has 32 heavy (non-hydrogen) atoms. The van der Waals surface area contributed by atoms with Crippen molar-refractivity contribution in [2.24, 2.45) is 0 Å². The third kappa shape index (κ3) is 5.64. The van der Waals surface area contributed by atoms with Crippen molar-refractivity contribution in [2.45, 2.75) is 23.1 Å². The lowest BCUT2D eigenvalue weighted by Crippen LogP contribution is -2.37. The molecule has 0 amide bonds. The number of rotatable bonds is 9. The Bertz CT molecular complexity index is 1130. The summed E-state index contributed by atoms with van der Waals surface area (Å²) in [6, 6.07) is 13.3. The van der Waals surface area contributed by atoms with E-state index in [1.54, 1.807) is 36.4 Å². The number of H-pyrrole nitrogens is 1. The standard InChI is InChI=1S/C22H28N6O3S/c1-17-14-22(27-26-17)25-21-16-19(32(29,30)18-6-3-2-4-7-18)15-20(24-21)23-8-5-9-28-10-12-31-13-11-28/h2-4,6-7,14-16H,5,8-13H2,1H3,(H3,23,24,25,26,27). The van der Waals surface area contributed by atoms with Crippen molar-refractivity contribution in [1.82, 2.24) is 20.1 Å². The number of sulfone groups is 1. The topological polar surface area (TPSA) is 112 Å². The van der Waals surface area contributed by atoms with E-state index in [2.05, 4.69) is 30.7 Å². The minimum absolute atomic E-state index is 0.170. The van der Waals surface area contributed by atoms with Crippen molar-refractivity contribution in [1.29, 1.82) is 0 Å². The molecule has 170 valence electrons. The van der Waals surface area contributed by atoms with Crippen LogP contribution in [0.1, 0.15) is 12.1 Å². The maximum Gasteiger partial charge on any atom is 0.206 e. The molecule has 0 radical (unpaired) electrons. The normalized spacial score (nSPS) is 14.9. The molecule has 0 bridgehead atoms. The number of hydrogen-bond donors (Lipinski definition) is 3. The highest BCUT2D eigenvalue weighted by Gasteiger charge is 2.20. The zero-order chi connectivity index (χ0) is 22.4. The van der Waals surface area contributed by atoms with Gasteiger partial charge in [0, 0.05) is 37.5 Å². The lowest BCUT2D eigenvalue weighted by atomic mass is 10.3. The Morgan fingerprint density at radius 1 is 1.03 bits per heavy atom. The first-order chi connectivity index (χ1) is 15.5. The van der Waals surface area contributed by atoms with Crippen molar-refractivity contribution in [3.8, 4) is 0 Å². The molecule has 3 heterocycles. The van der Waals surface area contributed by atoms with Gasteiger partial charge in [0.15, 0.2) is 5.82 Å². The zero-order valence-corrected chi connectivity index (χ0v) is 18.9. The van der Waals surface area contributed by atoms with Crippen LogP contribution < -0.4 is 10.6 Å². The van der Waals surface area contributed by atoms with Gasteiger partial charge >= 0.3 is 0 Å². The number of hydrogen-bond acceptors (Lipinski definition) is 8. The number of anilines is 3. The van der Waals surface area contributed by atoms with E-state index in [9.17, 15) is 8.42 Å². The maximum absolute atomic E-state index is 13.2. The summed E-state index contributed by atoms with van der Waals surface area (Å²) in [6.45, 7) is 6.96. The Labute approximate surface area is 188 Å². The average molecular weight is 457 g/mol. The van der Waals surface area contributed by atoms with Crippen LogP contribution in [-0.4, -0.2) is 67.9 Å². The first-order valence-electron chi connectivity index (χ1n) is 10.7. The highest BCUT2D eigenvalue weighted by molar-refractivity contribution is 7.91. The number of benzene rings is 1. The summed E-state index contributed by atoms with van der Waals surface area (Å²) < 4.78 is 31.8. The fourth-order valence-corrected chi connectivity index (χ4v) is 4.83. The van der Waals surface area contributed by atoms with E-state index in [-0.39, 0.29) is 9.79 Å². The number of morpholine rings is 1. The summed E-state index contributed by atoms with van der Waals surface area (Å²) in [5, 5.41) is 13.4. The monoisotopic (exact) mass is 456 g/mol. The summed E-state index contributed by atoms with van der Waals surface area (Å²) in [4.78, 5) is 7.33. The van der Waals surface area contributed by atoms with Gasteiger partial charge < -0.3 is 15.4 Å². The van der Waals surface area contributed by atoms with Crippen LogP contribution >= 0.6 is 0 Å². The van der Waals surface area contributed by atoms with Crippen LogP contribution in [0.15, 0.2) is 58.3 Å². The number of aromatic amines is 1. The van der Waals surface area contributed by atoms with Crippen LogP contribution in [0.25, 0.3) is 0 Å². The van der Waals surface area contributed by atoms with Crippen LogP contribution in [0.3, 0.4) is 0 Å². The number of pyridine rings is 1. The Morgan fingerprint density at radius 2 is 1.78 bits per heavy atom. The predicted octanol–water partition coefficient (Wildman–Crippen LogP) is 2.82. The summed E-state index contributed by atoms with van der Waals surface area (Å²) in [5.74, 6) is 1.48. The largest absolute Gasteiger partial charge is 0.379 e. The van der Waals surface area contributed by atoms with Crippen molar-refractivity contribution in [3.63, 3.8) is 0 Å². The van der Waals surface area contributed by atoms with Gasteiger partial charge in [-0.05, 0) is 38.1 Å². The first-order valence-corrected chi connectivity index (χ1v) is 12.1. The van der Waals surface area contributed by atoms with Crippen LogP contribution in [0.2, 0.25) is 0 Å². The second kappa shape index (κ2) is 10.1. The third-order valence-electron chi connectivity index (χ3n) is 5.19. The van der Waals surface area contributed by atoms with E-state index in [4.69, 9.17) is 4.74 Å². The molecule has 1 aliphatic rings. The summed E-state index contributed by atoms with van der Waals surface area (Å²) >= 11 is 0. The van der Waals surface area contributed by atoms with Gasteiger partial charge in [-0.2, -0.15) is 5.10 Å². The van der Waals surface area contributed by atoms with E-state index in [0.29, 0.717) is 24.0 Å². The van der Waals surface area contributed by atoms with Crippen molar-refractivity contribution >= 4 is 27.3 Å². The van der Waals surface area contributed by atoms with Crippen LogP contribution in [0.5, 0.6) is 0 Å². The van der Waals surface area contributed by atoms with Gasteiger partial charge in [-0.15, -0.1) is 0 Å². The molecule has 0 unspecified atom stereocenters. The van der Waals surface area contributed by atoms with Gasteiger partial charge in [-0.3, -0.25) is 10.00 Å². The van der Waals surface area contributed by atoms with Gasteiger partial charge in [0.25, 0.3) is 0 Å². The molecule has 0 atom stereocenters. The number of aryl methyl sites for hydroxylation is 1. The fourth-order valence-electron chi connectivity index (χ4n) is 3.51. The number of aromatic nitrogens is 3. The molecule has 3 N–H and O–H groups in total. The summed E-state index contributed by atoms with van der Waals surface area (Å²) in [7, 11) is -3.69. The van der Waals surface area contributed by atoms with Gasteiger partial charge in [0.2, 0.25) is 9.84 Å². The molecule has 1 aromatic carbocycles. The first kappa shape index (κ1) is 22.3. The Hall–Kier alpha value is -2.95. The molecule has 4 rings (SSSR count). The molecule has 0 spiro atoms. The van der Waals surface area contributed by atoms with E-state index in [0.717, 1.165) is 45.0 Å². The fraction of sp³-hybridized carbons (Fsp3) is 0.364. The second-order valence-electron chi connectivity index (χ2n) is 7.69. The van der Waals surface area contributed by atoms with E-state index in [1.165, 1.54) is 6.07 Å². The van der Waals surface area contributed by atoms with Crippen LogP contribution in [0.4, 0.5) is 17.5 Å². The van der Waals surface area contributed by atoms with E-state index < -0.39 is 9.84 Å². The predicted molar refractivity (Wildman–Crippen MR) is 123 cm³/mol. The average Bonchev–Trinajstić information content (AvgIpc) is 3.22. The van der Waals surface area contributed by atoms with E-state index in [1.807, 2.05) is 13.0 Å². The molecule has 3 aromatic rings. The maximum atomic E-state index is 13.2. The second-order valence-corrected chi connectivity index (χ2v) is 9.64. The smallest absolute Gasteiger partial charge is 0.206 e. The Balaban J connectivity index is 1.53. The van der Waals surface area contributed by atoms with E-state index >= 15 is 0 Å². The van der Waals surface area contributed by atoms with Crippen LogP contribution in [-0.2, 0) is 14.6 Å². The van der Waals surface area contributed by atoms with Crippen molar-refractivity contribution in [3.05, 3.63) is 54.2 Å². The minimum atomic E-state index is -3.69. The summed E-state index contributed by atoms with van der Waals surface area (Å²) in [5.41, 5.74) is 0.891. The number of nitrogens with one attached hydrogen (secondary N) is 3. The highest BCUT2D eigenvalue weighted by atomic mass is 32.2. The molecule has 9 nitrogen and oxygen atoms in total. The van der Waals surface area contributed by atoms with Gasteiger partial charge in [-0.1, -0.05) is 18.2 Å². The molecule has 1 aliphatic heterocycles. The molecule has 10 heteroatoms. The molecule has 0 aliphatic carbocycles. The highest BCUT2D eigenvalue weighted by Crippen LogP contribution is 2.26. The van der Waals surface area contributed by atoms with Crippen LogP contribution in [0, 0.1) is 6.92 Å². The molecule has 0 saturated carbocycles. The Morgan fingerprint density at radius 3 is 2.50 bits per heavy atom. The number of nitrogens with zero attached hydrogens (tertiary/aromatic N) is 3. The quantitative estimate of drug-likeness (QED) is 0.422. The zero-order valence-electron chi connectivity index (χ0n) is 18.0. The lowest BCUT2D eigenvalue weighted by molar-refractivity contribution is 0.0378. The SMILES string of the molecule is Cc1cc(Nc2cc(S(=O)(=O)c3ccccc3)cc(NCCCN3CCOCC3)n2)n[nH]1. The van der Waals surface area contributed by atoms with Gasteiger partial charge in [0.05, 0.1) is 23.0 Å². The van der Waals surface area contributed by atoms with Crippen molar-refractivity contribution < 1.29 is 13.2 Å². The molecule has 2 aromatic heterocycles. The summed E-state index contributed by atoms with van der Waals surface area (Å²) in [6.07, 6.45) is 0.915. The third-order valence-corrected chi connectivity index (χ3v) is 6.93.